The summed E-state index contributed by atoms with van der Waals surface area (Å²) >= 11 is 19.9. The van der Waals surface area contributed by atoms with Crippen LogP contribution in [0.1, 0.15) is 38.3 Å². The number of hydrogen-bond acceptors (Lipinski definition) is 7. The van der Waals surface area contributed by atoms with Crippen LogP contribution in [0.4, 0.5) is 27.5 Å². The Balaban J connectivity index is 0.000000183. The monoisotopic (exact) mass is 1340 g/mol. The number of aryl methyl sites for hydroxylation is 1. The van der Waals surface area contributed by atoms with Crippen molar-refractivity contribution in [2.24, 2.45) is 4.99 Å². The third-order valence-electron chi connectivity index (χ3n) is 10.4. The summed E-state index contributed by atoms with van der Waals surface area (Å²) in [6, 6.07) is 65.2. The highest BCUT2D eigenvalue weighted by molar-refractivity contribution is 9.11. The number of carbonyl (C=O) groups is 3. The summed E-state index contributed by atoms with van der Waals surface area (Å²) in [7, 11) is 0. The molecule has 1 heterocycles. The fourth-order valence-electron chi connectivity index (χ4n) is 6.71. The summed E-state index contributed by atoms with van der Waals surface area (Å²) in [5, 5.41) is 12.0. The van der Waals surface area contributed by atoms with Gasteiger partial charge in [-0.25, -0.2) is 9.59 Å². The van der Waals surface area contributed by atoms with Crippen LogP contribution in [0.3, 0.4) is 0 Å². The maximum Gasteiger partial charge on any atom is 0.331 e. The number of Topliss-reactive ketones (excluding diaryl/α,β-unsaturated/α-hetero) is 2. The van der Waals surface area contributed by atoms with Crippen molar-refractivity contribution in [3.8, 4) is 0 Å². The first-order chi connectivity index (χ1) is 34.7. The van der Waals surface area contributed by atoms with Crippen molar-refractivity contribution in [2.75, 3.05) is 27.4 Å². The zero-order chi connectivity index (χ0) is 51.9. The number of nitrogen functional groups attached to an aromatic ring is 1. The molecule has 8 aromatic carbocycles. The topological polar surface area (TPSA) is 133 Å². The molecule has 9 rings (SSSR count). The van der Waals surface area contributed by atoms with E-state index >= 15 is 0 Å². The fourth-order valence-corrected chi connectivity index (χ4v) is 8.36. The first-order valence-electron chi connectivity index (χ1n) is 21.9. The number of urea groups is 1. The number of rotatable bonds is 10. The predicted molar refractivity (Wildman–Crippen MR) is 312 cm³/mol. The van der Waals surface area contributed by atoms with E-state index in [0.29, 0.717) is 28.7 Å². The van der Waals surface area contributed by atoms with Crippen LogP contribution in [0.15, 0.2) is 240 Å². The molecule has 1 saturated heterocycles. The number of ketones is 2. The van der Waals surface area contributed by atoms with Crippen molar-refractivity contribution in [2.45, 2.75) is 18.6 Å². The molecular weight excluding hydrogens is 1300 g/mol. The van der Waals surface area contributed by atoms with Crippen LogP contribution < -0.4 is 15.5 Å². The molecule has 72 heavy (non-hydrogen) atoms. The lowest BCUT2D eigenvalue weighted by atomic mass is 10.0. The number of alkyl halides is 1. The Labute approximate surface area is 470 Å². The second-order valence-corrected chi connectivity index (χ2v) is 20.5. The molecule has 0 bridgehead atoms. The Morgan fingerprint density at radius 1 is 0.556 bits per heavy atom. The quantitative estimate of drug-likeness (QED) is 0.0461. The van der Waals surface area contributed by atoms with Crippen LogP contribution >= 0.6 is 95.6 Å². The van der Waals surface area contributed by atoms with Crippen molar-refractivity contribution >= 4 is 142 Å². The number of halogens is 6. The fraction of sp³-hybridized carbons (Fsp3) is 0.0877. The van der Waals surface area contributed by atoms with E-state index in [1.807, 2.05) is 200 Å². The lowest BCUT2D eigenvalue weighted by Crippen LogP contribution is -2.44. The van der Waals surface area contributed by atoms with E-state index < -0.39 is 5.72 Å². The predicted octanol–water partition coefficient (Wildman–Crippen LogP) is 16.5. The van der Waals surface area contributed by atoms with Crippen molar-refractivity contribution in [3.63, 3.8) is 0 Å². The first-order valence-corrected chi connectivity index (χ1v) is 27.0. The molecule has 2 amide bonds. The van der Waals surface area contributed by atoms with Gasteiger partial charge in [-0.3, -0.25) is 19.4 Å². The molecule has 0 radical (unpaired) electrons. The number of amides is 2. The molecule has 1 aliphatic heterocycles. The normalized spacial score (nSPS) is 13.2. The van der Waals surface area contributed by atoms with E-state index in [1.54, 1.807) is 17.0 Å². The Morgan fingerprint density at radius 3 is 1.40 bits per heavy atom. The second-order valence-electron chi connectivity index (χ2n) is 15.4. The summed E-state index contributed by atoms with van der Waals surface area (Å²) in [5.41, 5.74) is 10.1. The molecule has 9 nitrogen and oxygen atoms in total. The number of nitrogens with zero attached hydrogens (tertiary/aromatic N) is 3. The molecule has 1 atom stereocenters. The van der Waals surface area contributed by atoms with Crippen LogP contribution in [-0.2, 0) is 16.9 Å². The molecular formula is C57H46Br6N4O5. The van der Waals surface area contributed by atoms with Gasteiger partial charge in [0, 0.05) is 62.5 Å². The highest BCUT2D eigenvalue weighted by Gasteiger charge is 2.51. The SMILES string of the molecule is Nc1ccc(Br)cc1.O=C(CBr)c1ccccc1.O=C(CCc1ccc(Br)cc1)c1ccccc1.O=C1N(c2ccc(Br)cc2)CC(O)(c2ccccc2)N1c1ccc(Br)cc1.O=C=Nc1ccc(Br)cc1. The van der Waals surface area contributed by atoms with Crippen LogP contribution in [0, 0.1) is 0 Å². The number of carbonyl (C=O) groups excluding carboxylic acids is 4. The Bertz CT molecular complexity index is 2970. The Morgan fingerprint density at radius 2 is 0.958 bits per heavy atom. The highest BCUT2D eigenvalue weighted by atomic mass is 79.9. The van der Waals surface area contributed by atoms with E-state index in [1.165, 1.54) is 16.5 Å². The maximum atomic E-state index is 13.3. The summed E-state index contributed by atoms with van der Waals surface area (Å²) < 4.78 is 4.94. The van der Waals surface area contributed by atoms with E-state index in [9.17, 15) is 24.3 Å². The minimum Gasteiger partial charge on any atom is -0.399 e. The number of isocyanates is 1. The molecule has 1 unspecified atom stereocenters. The summed E-state index contributed by atoms with van der Waals surface area (Å²) in [6.45, 7) is 0.132. The molecule has 1 fully saturated rings. The van der Waals surface area contributed by atoms with Gasteiger partial charge in [-0.15, -0.1) is 0 Å². The van der Waals surface area contributed by atoms with E-state index in [-0.39, 0.29) is 24.1 Å². The highest BCUT2D eigenvalue weighted by Crippen LogP contribution is 2.40. The van der Waals surface area contributed by atoms with Crippen LogP contribution in [-0.4, -0.2) is 40.7 Å². The molecule has 1 aliphatic rings. The smallest absolute Gasteiger partial charge is 0.331 e. The van der Waals surface area contributed by atoms with Gasteiger partial charge >= 0.3 is 6.03 Å². The Hall–Kier alpha value is -5.61. The van der Waals surface area contributed by atoms with Crippen LogP contribution in [0.5, 0.6) is 0 Å². The molecule has 366 valence electrons. The summed E-state index contributed by atoms with van der Waals surface area (Å²) in [5.74, 6) is 0.328. The second kappa shape index (κ2) is 29.8. The molecule has 8 aromatic rings. The largest absolute Gasteiger partial charge is 0.399 e. The number of nitrogens with two attached hydrogens (primary N) is 1. The van der Waals surface area contributed by atoms with Gasteiger partial charge in [-0.05, 0) is 121 Å². The van der Waals surface area contributed by atoms with Crippen molar-refractivity contribution in [1.82, 2.24) is 0 Å². The van der Waals surface area contributed by atoms with E-state index in [2.05, 4.69) is 101 Å². The molecule has 3 N–H and O–H groups in total. The van der Waals surface area contributed by atoms with Gasteiger partial charge in [0.15, 0.2) is 17.3 Å². The average molecular weight is 1350 g/mol. The lowest BCUT2D eigenvalue weighted by Gasteiger charge is -2.32. The van der Waals surface area contributed by atoms with E-state index in [0.717, 1.165) is 51.3 Å². The van der Waals surface area contributed by atoms with Gasteiger partial charge in [0.2, 0.25) is 6.08 Å². The number of benzene rings is 8. The number of β-amino-alcohol motifs (C(OH)–C–C–N with tert-alkyl or cyclic N) is 1. The number of anilines is 3. The van der Waals surface area contributed by atoms with Gasteiger partial charge < -0.3 is 10.8 Å². The zero-order valence-corrected chi connectivity index (χ0v) is 47.8. The molecule has 15 heteroatoms. The number of aliphatic hydroxyl groups is 1. The standard InChI is InChI=1S/C21H16Br2N2O2.C15H13BrO.C8H7BrO.C7H4BrNO.C6H6BrN/c22-16-6-10-18(11-7-16)24-14-21(27,15-4-2-1-3-5-15)25(20(24)26)19-12-8-17(23)9-13-19;16-14-9-6-12(7-10-14)8-11-15(17)13-4-2-1-3-5-13;9-6-8(10)7-4-2-1-3-5-7;8-6-1-3-7(4-2-6)9-5-10;7-5-1-3-6(8)4-2-5/h1-13,27H,14H2;1-7,9-10H,8,11H2;1-5H,6H2;1-4H;1-4H,8H2. The minimum atomic E-state index is -1.47. The first kappa shape index (κ1) is 57.3. The van der Waals surface area contributed by atoms with Crippen molar-refractivity contribution in [3.05, 3.63) is 257 Å². The van der Waals surface area contributed by atoms with E-state index in [4.69, 9.17) is 5.73 Å². The summed E-state index contributed by atoms with van der Waals surface area (Å²) in [4.78, 5) is 52.4. The number of aliphatic imine (C=N–C) groups is 1. The molecule has 0 spiro atoms. The zero-order valence-electron chi connectivity index (χ0n) is 38.3. The molecule has 0 aromatic heterocycles. The minimum absolute atomic E-state index is 0.126. The molecule has 0 aliphatic carbocycles. The third-order valence-corrected chi connectivity index (χ3v) is 13.5. The van der Waals surface area contributed by atoms with Crippen molar-refractivity contribution < 1.29 is 24.3 Å². The van der Waals surface area contributed by atoms with Gasteiger partial charge in [-0.2, -0.15) is 4.99 Å². The van der Waals surface area contributed by atoms with Gasteiger partial charge in [-0.1, -0.05) is 199 Å². The average Bonchev–Trinajstić information content (AvgIpc) is 3.69. The lowest BCUT2D eigenvalue weighted by molar-refractivity contribution is 0.0655. The maximum absolute atomic E-state index is 13.3. The van der Waals surface area contributed by atoms with Gasteiger partial charge in [0.1, 0.15) is 0 Å². The summed E-state index contributed by atoms with van der Waals surface area (Å²) in [6.07, 6.45) is 2.82. The van der Waals surface area contributed by atoms with Crippen molar-refractivity contribution in [1.29, 1.82) is 0 Å². The molecule has 0 saturated carbocycles. The number of hydrogen-bond donors (Lipinski definition) is 2. The third kappa shape index (κ3) is 18.2. The Kier molecular flexibility index (Phi) is 23.7. The van der Waals surface area contributed by atoms with Crippen LogP contribution in [0.25, 0.3) is 0 Å². The van der Waals surface area contributed by atoms with Crippen LogP contribution in [0.2, 0.25) is 0 Å². The van der Waals surface area contributed by atoms with Gasteiger partial charge in [0.25, 0.3) is 0 Å². The van der Waals surface area contributed by atoms with Gasteiger partial charge in [0.05, 0.1) is 17.6 Å².